The molecule has 1 rings (SSSR count). The molecule has 0 bridgehead atoms. The average molecular weight is 288 g/mol. The van der Waals surface area contributed by atoms with Gasteiger partial charge in [0.15, 0.2) is 0 Å². The Morgan fingerprint density at radius 2 is 2.26 bits per heavy atom. The van der Waals surface area contributed by atoms with Crippen LogP contribution in [0.5, 0.6) is 0 Å². The second-order valence-electron chi connectivity index (χ2n) is 5.70. The average Bonchev–Trinajstić information content (AvgIpc) is 2.58. The van der Waals surface area contributed by atoms with E-state index in [2.05, 4.69) is 18.7 Å². The monoisotopic (exact) mass is 288 g/mol. The Labute approximate surface area is 119 Å². The molecule has 0 spiro atoms. The molecule has 110 valence electrons. The highest BCUT2D eigenvalue weighted by atomic mass is 32.2. The molecule has 6 heteroatoms. The van der Waals surface area contributed by atoms with E-state index in [4.69, 9.17) is 10.5 Å². The quantitative estimate of drug-likeness (QED) is 0.577. The third-order valence-electron chi connectivity index (χ3n) is 3.66. The first-order valence-corrected chi connectivity index (χ1v) is 7.50. The van der Waals surface area contributed by atoms with Gasteiger partial charge in [0.2, 0.25) is 0 Å². The molecule has 1 heterocycles. The first-order chi connectivity index (χ1) is 8.83. The lowest BCUT2D eigenvalue weighted by Gasteiger charge is -2.28. The van der Waals surface area contributed by atoms with Gasteiger partial charge in [-0.2, -0.15) is 0 Å². The normalized spacial score (nSPS) is 28.1. The molecule has 1 aliphatic heterocycles. The molecule has 0 amide bonds. The van der Waals surface area contributed by atoms with Crippen LogP contribution in [0.15, 0.2) is 0 Å². The summed E-state index contributed by atoms with van der Waals surface area (Å²) in [5.41, 5.74) is 5.47. The van der Waals surface area contributed by atoms with Gasteiger partial charge >= 0.3 is 5.97 Å². The first kappa shape index (κ1) is 16.5. The number of nitrogens with two attached hydrogens (primary N) is 1. The van der Waals surface area contributed by atoms with E-state index in [0.717, 1.165) is 18.5 Å². The van der Waals surface area contributed by atoms with Gasteiger partial charge in [0.1, 0.15) is 12.3 Å². The van der Waals surface area contributed by atoms with Gasteiger partial charge < -0.3 is 15.3 Å². The Hall–Kier alpha value is -0.590. The summed E-state index contributed by atoms with van der Waals surface area (Å²) in [6.45, 7) is 4.17. The number of carbonyl (C=O) groups excluding carboxylic acids is 2. The van der Waals surface area contributed by atoms with E-state index >= 15 is 0 Å². The topological polar surface area (TPSA) is 72.6 Å². The SMILES string of the molecule is COC(=O)C1N(C)C(SCC[C@H](N)C=O)CC1(C)C. The number of hydrogen-bond acceptors (Lipinski definition) is 6. The summed E-state index contributed by atoms with van der Waals surface area (Å²) >= 11 is 1.75. The third-order valence-corrected chi connectivity index (χ3v) is 5.02. The van der Waals surface area contributed by atoms with Crippen molar-refractivity contribution >= 4 is 24.0 Å². The van der Waals surface area contributed by atoms with Crippen molar-refractivity contribution in [1.82, 2.24) is 4.90 Å². The van der Waals surface area contributed by atoms with Crippen LogP contribution in [0.25, 0.3) is 0 Å². The van der Waals surface area contributed by atoms with Crippen molar-refractivity contribution in [3.63, 3.8) is 0 Å². The van der Waals surface area contributed by atoms with Crippen LogP contribution in [0, 0.1) is 5.41 Å². The maximum atomic E-state index is 11.9. The largest absolute Gasteiger partial charge is 0.468 e. The van der Waals surface area contributed by atoms with Crippen LogP contribution >= 0.6 is 11.8 Å². The fourth-order valence-corrected chi connectivity index (χ4v) is 4.19. The maximum Gasteiger partial charge on any atom is 0.323 e. The van der Waals surface area contributed by atoms with Crippen LogP contribution in [0.4, 0.5) is 0 Å². The van der Waals surface area contributed by atoms with Crippen molar-refractivity contribution in [1.29, 1.82) is 0 Å². The molecular weight excluding hydrogens is 264 g/mol. The predicted molar refractivity (Wildman–Crippen MR) is 76.9 cm³/mol. The predicted octanol–water partition coefficient (Wildman–Crippen LogP) is 0.865. The van der Waals surface area contributed by atoms with Crippen LogP contribution in [0.3, 0.4) is 0 Å². The molecule has 5 nitrogen and oxygen atoms in total. The summed E-state index contributed by atoms with van der Waals surface area (Å²) in [4.78, 5) is 24.4. The van der Waals surface area contributed by atoms with Crippen molar-refractivity contribution in [2.75, 3.05) is 19.9 Å². The lowest BCUT2D eigenvalue weighted by molar-refractivity contribution is -0.148. The molecule has 0 saturated carbocycles. The van der Waals surface area contributed by atoms with E-state index in [9.17, 15) is 9.59 Å². The molecule has 1 fully saturated rings. The molecule has 0 aromatic carbocycles. The Bertz CT molecular complexity index is 336. The van der Waals surface area contributed by atoms with Gasteiger partial charge in [-0.1, -0.05) is 13.8 Å². The molecule has 19 heavy (non-hydrogen) atoms. The minimum atomic E-state index is -0.386. The van der Waals surface area contributed by atoms with E-state index in [1.807, 2.05) is 7.05 Å². The highest BCUT2D eigenvalue weighted by Gasteiger charge is 2.49. The second kappa shape index (κ2) is 6.72. The van der Waals surface area contributed by atoms with E-state index in [1.54, 1.807) is 11.8 Å². The summed E-state index contributed by atoms with van der Waals surface area (Å²) in [6.07, 6.45) is 2.37. The van der Waals surface area contributed by atoms with Crippen molar-refractivity contribution in [3.8, 4) is 0 Å². The first-order valence-electron chi connectivity index (χ1n) is 6.45. The van der Waals surface area contributed by atoms with E-state index in [1.165, 1.54) is 7.11 Å². The highest BCUT2D eigenvalue weighted by Crippen LogP contribution is 2.43. The van der Waals surface area contributed by atoms with Crippen molar-refractivity contribution in [3.05, 3.63) is 0 Å². The zero-order valence-electron chi connectivity index (χ0n) is 12.1. The number of methoxy groups -OCH3 is 1. The molecule has 1 saturated heterocycles. The minimum Gasteiger partial charge on any atom is -0.468 e. The molecule has 0 aromatic rings. The van der Waals surface area contributed by atoms with Crippen molar-refractivity contribution < 1.29 is 14.3 Å². The molecule has 0 radical (unpaired) electrons. The molecule has 0 aromatic heterocycles. The van der Waals surface area contributed by atoms with Gasteiger partial charge in [-0.15, -0.1) is 11.8 Å². The van der Waals surface area contributed by atoms with Gasteiger partial charge in [-0.05, 0) is 31.1 Å². The molecule has 1 aliphatic rings. The lowest BCUT2D eigenvalue weighted by atomic mass is 9.85. The number of ether oxygens (including phenoxy) is 1. The number of thioether (sulfide) groups is 1. The maximum absolute atomic E-state index is 11.9. The van der Waals surface area contributed by atoms with Crippen LogP contribution in [0.2, 0.25) is 0 Å². The highest BCUT2D eigenvalue weighted by molar-refractivity contribution is 7.99. The lowest BCUT2D eigenvalue weighted by Crippen LogP contribution is -2.43. The molecule has 3 atom stereocenters. The molecule has 0 aliphatic carbocycles. The number of nitrogens with zero attached hydrogens (tertiary/aromatic N) is 1. The fraction of sp³-hybridized carbons (Fsp3) is 0.846. The van der Waals surface area contributed by atoms with Crippen molar-refractivity contribution in [2.24, 2.45) is 11.1 Å². The van der Waals surface area contributed by atoms with E-state index < -0.39 is 0 Å². The smallest absolute Gasteiger partial charge is 0.323 e. The number of likely N-dealkylation sites (tertiary alicyclic amines) is 1. The third kappa shape index (κ3) is 3.94. The summed E-state index contributed by atoms with van der Waals surface area (Å²) < 4.78 is 4.89. The number of carbonyl (C=O) groups is 2. The second-order valence-corrected chi connectivity index (χ2v) is 6.98. The van der Waals surface area contributed by atoms with Gasteiger partial charge in [-0.3, -0.25) is 9.69 Å². The number of likely N-dealkylation sites (N-methyl/N-ethyl adjacent to an activating group) is 1. The van der Waals surface area contributed by atoms with Crippen LogP contribution in [0.1, 0.15) is 26.7 Å². The molecule has 2 N–H and O–H groups in total. The van der Waals surface area contributed by atoms with E-state index in [-0.39, 0.29) is 28.8 Å². The minimum absolute atomic E-state index is 0.105. The summed E-state index contributed by atoms with van der Waals surface area (Å²) in [5, 5.41) is 0.262. The number of hydrogen-bond donors (Lipinski definition) is 1. The molecule has 2 unspecified atom stereocenters. The zero-order chi connectivity index (χ0) is 14.6. The standard InChI is InChI=1S/C13H24N2O3S/c1-13(2)7-10(19-6-5-9(14)8-16)15(3)11(13)12(17)18-4/h8-11H,5-7,14H2,1-4H3/t9-,10?,11?/m0/s1. The zero-order valence-corrected chi connectivity index (χ0v) is 12.9. The van der Waals surface area contributed by atoms with Crippen LogP contribution in [-0.4, -0.2) is 54.5 Å². The molecular formula is C13H24N2O3S. The Morgan fingerprint density at radius 1 is 1.63 bits per heavy atom. The summed E-state index contributed by atoms with van der Waals surface area (Å²) in [6, 6.07) is -0.599. The Kier molecular flexibility index (Phi) is 5.82. The van der Waals surface area contributed by atoms with Gasteiger partial charge in [0.25, 0.3) is 0 Å². The number of esters is 1. The number of rotatable bonds is 6. The van der Waals surface area contributed by atoms with Crippen molar-refractivity contribution in [2.45, 2.75) is 44.1 Å². The Balaban J connectivity index is 2.58. The van der Waals surface area contributed by atoms with Gasteiger partial charge in [-0.25, -0.2) is 0 Å². The van der Waals surface area contributed by atoms with Crippen LogP contribution < -0.4 is 5.73 Å². The van der Waals surface area contributed by atoms with Gasteiger partial charge in [0, 0.05) is 0 Å². The van der Waals surface area contributed by atoms with E-state index in [0.29, 0.717) is 6.42 Å². The fourth-order valence-electron chi connectivity index (χ4n) is 2.60. The number of aldehydes is 1. The summed E-state index contributed by atoms with van der Waals surface area (Å²) in [7, 11) is 3.38. The Morgan fingerprint density at radius 3 is 2.79 bits per heavy atom. The summed E-state index contributed by atoms with van der Waals surface area (Å²) in [5.74, 6) is 0.638. The van der Waals surface area contributed by atoms with Gasteiger partial charge in [0.05, 0.1) is 18.5 Å². The van der Waals surface area contributed by atoms with Crippen LogP contribution in [-0.2, 0) is 14.3 Å².